The molecule has 0 saturated carbocycles. The highest BCUT2D eigenvalue weighted by Gasteiger charge is 2.03. The lowest BCUT2D eigenvalue weighted by molar-refractivity contribution is 0.343. The zero-order valence-electron chi connectivity index (χ0n) is 10.2. The summed E-state index contributed by atoms with van der Waals surface area (Å²) >= 11 is 5.08. The normalized spacial score (nSPS) is 9.89. The van der Waals surface area contributed by atoms with Crippen LogP contribution in [0, 0.1) is 11.3 Å². The summed E-state index contributed by atoms with van der Waals surface area (Å²) in [6.45, 7) is 0.579. The average molecular weight is 334 g/mol. The number of ether oxygens (including phenoxy) is 1. The monoisotopic (exact) mass is 333 g/mol. The molecule has 2 rings (SSSR count). The standard InChI is InChI=1S/C15H12BrNOS/c16-13-6-7-15(12(10-13)11-17)18-8-9-19-14-4-2-1-3-5-14/h1-7,10H,8-9H2. The highest BCUT2D eigenvalue weighted by molar-refractivity contribution is 9.10. The third-order valence-electron chi connectivity index (χ3n) is 2.41. The third-order valence-corrected chi connectivity index (χ3v) is 3.88. The summed E-state index contributed by atoms with van der Waals surface area (Å²) < 4.78 is 6.52. The highest BCUT2D eigenvalue weighted by atomic mass is 79.9. The van der Waals surface area contributed by atoms with E-state index in [1.807, 2.05) is 30.3 Å². The van der Waals surface area contributed by atoms with E-state index in [4.69, 9.17) is 10.00 Å². The zero-order chi connectivity index (χ0) is 13.5. The smallest absolute Gasteiger partial charge is 0.137 e. The molecule has 0 aliphatic rings. The van der Waals surface area contributed by atoms with Crippen LogP contribution >= 0.6 is 27.7 Å². The quantitative estimate of drug-likeness (QED) is 0.596. The number of hydrogen-bond acceptors (Lipinski definition) is 3. The van der Waals surface area contributed by atoms with Gasteiger partial charge in [0, 0.05) is 15.1 Å². The summed E-state index contributed by atoms with van der Waals surface area (Å²) in [5.41, 5.74) is 0.555. The highest BCUT2D eigenvalue weighted by Crippen LogP contribution is 2.23. The minimum absolute atomic E-state index is 0.555. The number of benzene rings is 2. The number of thioether (sulfide) groups is 1. The van der Waals surface area contributed by atoms with E-state index in [9.17, 15) is 0 Å². The zero-order valence-corrected chi connectivity index (χ0v) is 12.6. The van der Waals surface area contributed by atoms with Crippen LogP contribution in [0.4, 0.5) is 0 Å². The van der Waals surface area contributed by atoms with Crippen LogP contribution in [0.25, 0.3) is 0 Å². The summed E-state index contributed by atoms with van der Waals surface area (Å²) in [5, 5.41) is 9.02. The first-order chi connectivity index (χ1) is 9.29. The Hall–Kier alpha value is -1.44. The molecule has 2 nitrogen and oxygen atoms in total. The summed E-state index contributed by atoms with van der Waals surface area (Å²) in [6.07, 6.45) is 0. The van der Waals surface area contributed by atoms with Gasteiger partial charge in [-0.2, -0.15) is 5.26 Å². The Balaban J connectivity index is 1.85. The lowest BCUT2D eigenvalue weighted by Crippen LogP contribution is -2.01. The summed E-state index contributed by atoms with van der Waals surface area (Å²) in [7, 11) is 0. The van der Waals surface area contributed by atoms with Crippen molar-refractivity contribution in [2.45, 2.75) is 4.90 Å². The Morgan fingerprint density at radius 2 is 1.95 bits per heavy atom. The maximum atomic E-state index is 9.02. The second-order valence-electron chi connectivity index (χ2n) is 3.76. The van der Waals surface area contributed by atoms with E-state index in [-0.39, 0.29) is 0 Å². The lowest BCUT2D eigenvalue weighted by atomic mass is 10.2. The second kappa shape index (κ2) is 7.22. The van der Waals surface area contributed by atoms with Gasteiger partial charge < -0.3 is 4.74 Å². The van der Waals surface area contributed by atoms with E-state index >= 15 is 0 Å². The maximum absolute atomic E-state index is 9.02. The van der Waals surface area contributed by atoms with Crippen LogP contribution in [-0.4, -0.2) is 12.4 Å². The summed E-state index contributed by atoms with van der Waals surface area (Å²) in [6, 6.07) is 17.8. The van der Waals surface area contributed by atoms with Gasteiger partial charge in [-0.1, -0.05) is 34.1 Å². The van der Waals surface area contributed by atoms with Crippen molar-refractivity contribution >= 4 is 27.7 Å². The van der Waals surface area contributed by atoms with Crippen LogP contribution in [0.2, 0.25) is 0 Å². The molecule has 96 valence electrons. The Bertz CT molecular complexity index is 580. The molecule has 0 atom stereocenters. The van der Waals surface area contributed by atoms with E-state index in [0.717, 1.165) is 10.2 Å². The van der Waals surface area contributed by atoms with Crippen LogP contribution < -0.4 is 4.74 Å². The topological polar surface area (TPSA) is 33.0 Å². The molecule has 0 spiro atoms. The van der Waals surface area contributed by atoms with Gasteiger partial charge in [0.2, 0.25) is 0 Å². The van der Waals surface area contributed by atoms with Gasteiger partial charge in [-0.05, 0) is 30.3 Å². The molecule has 19 heavy (non-hydrogen) atoms. The van der Waals surface area contributed by atoms with E-state index < -0.39 is 0 Å². The van der Waals surface area contributed by atoms with Crippen LogP contribution in [0.5, 0.6) is 5.75 Å². The molecule has 0 aliphatic heterocycles. The molecule has 2 aromatic carbocycles. The number of halogens is 1. The number of hydrogen-bond donors (Lipinski definition) is 0. The summed E-state index contributed by atoms with van der Waals surface area (Å²) in [4.78, 5) is 1.22. The van der Waals surface area contributed by atoms with Gasteiger partial charge >= 0.3 is 0 Å². The van der Waals surface area contributed by atoms with E-state index in [0.29, 0.717) is 17.9 Å². The Labute approximate surface area is 125 Å². The molecule has 4 heteroatoms. The first kappa shape index (κ1) is 14.0. The maximum Gasteiger partial charge on any atom is 0.137 e. The molecule has 0 fully saturated rings. The van der Waals surface area contributed by atoms with Crippen molar-refractivity contribution in [3.05, 3.63) is 58.6 Å². The predicted octanol–water partition coefficient (Wildman–Crippen LogP) is 4.49. The van der Waals surface area contributed by atoms with E-state index in [1.54, 1.807) is 17.8 Å². The van der Waals surface area contributed by atoms with Crippen LogP contribution in [0.1, 0.15) is 5.56 Å². The van der Waals surface area contributed by atoms with Gasteiger partial charge in [0.15, 0.2) is 0 Å². The number of nitrogens with zero attached hydrogens (tertiary/aromatic N) is 1. The summed E-state index contributed by atoms with van der Waals surface area (Å²) in [5.74, 6) is 1.49. The molecule has 0 amide bonds. The fourth-order valence-electron chi connectivity index (χ4n) is 1.54. The van der Waals surface area contributed by atoms with Crippen molar-refractivity contribution in [2.24, 2.45) is 0 Å². The van der Waals surface area contributed by atoms with Crippen molar-refractivity contribution < 1.29 is 4.74 Å². The van der Waals surface area contributed by atoms with Crippen molar-refractivity contribution in [1.29, 1.82) is 5.26 Å². The lowest BCUT2D eigenvalue weighted by Gasteiger charge is -2.08. The Morgan fingerprint density at radius 1 is 1.16 bits per heavy atom. The fourth-order valence-corrected chi connectivity index (χ4v) is 2.66. The molecule has 0 aromatic heterocycles. The van der Waals surface area contributed by atoms with Crippen LogP contribution in [-0.2, 0) is 0 Å². The molecule has 0 heterocycles. The van der Waals surface area contributed by atoms with Gasteiger partial charge in [-0.25, -0.2) is 0 Å². The molecular formula is C15H12BrNOS. The average Bonchev–Trinajstić information content (AvgIpc) is 2.46. The third kappa shape index (κ3) is 4.30. The number of rotatable bonds is 5. The molecule has 0 bridgehead atoms. The van der Waals surface area contributed by atoms with Gasteiger partial charge in [0.25, 0.3) is 0 Å². The minimum atomic E-state index is 0.555. The van der Waals surface area contributed by atoms with Crippen molar-refractivity contribution in [2.75, 3.05) is 12.4 Å². The van der Waals surface area contributed by atoms with Gasteiger partial charge in [-0.3, -0.25) is 0 Å². The minimum Gasteiger partial charge on any atom is -0.491 e. The molecule has 0 radical (unpaired) electrons. The first-order valence-corrected chi connectivity index (χ1v) is 7.58. The van der Waals surface area contributed by atoms with Crippen LogP contribution in [0.15, 0.2) is 57.9 Å². The first-order valence-electron chi connectivity index (χ1n) is 5.80. The van der Waals surface area contributed by atoms with Crippen molar-refractivity contribution in [1.82, 2.24) is 0 Å². The SMILES string of the molecule is N#Cc1cc(Br)ccc1OCCSc1ccccc1. The molecule has 0 unspecified atom stereocenters. The Kier molecular flexibility index (Phi) is 5.31. The number of nitriles is 1. The predicted molar refractivity (Wildman–Crippen MR) is 81.5 cm³/mol. The van der Waals surface area contributed by atoms with Crippen molar-refractivity contribution in [3.8, 4) is 11.8 Å². The molecule has 0 N–H and O–H groups in total. The van der Waals surface area contributed by atoms with Crippen LogP contribution in [0.3, 0.4) is 0 Å². The van der Waals surface area contributed by atoms with E-state index in [1.165, 1.54) is 4.90 Å². The second-order valence-corrected chi connectivity index (χ2v) is 5.85. The van der Waals surface area contributed by atoms with Crippen molar-refractivity contribution in [3.63, 3.8) is 0 Å². The van der Waals surface area contributed by atoms with E-state index in [2.05, 4.69) is 34.1 Å². The molecule has 0 saturated heterocycles. The largest absolute Gasteiger partial charge is 0.491 e. The van der Waals surface area contributed by atoms with Gasteiger partial charge in [-0.15, -0.1) is 11.8 Å². The molecule has 0 aliphatic carbocycles. The molecular weight excluding hydrogens is 322 g/mol. The van der Waals surface area contributed by atoms with Gasteiger partial charge in [0.1, 0.15) is 11.8 Å². The molecule has 2 aromatic rings. The Morgan fingerprint density at radius 3 is 2.68 bits per heavy atom. The van der Waals surface area contributed by atoms with Gasteiger partial charge in [0.05, 0.1) is 12.2 Å². The fraction of sp³-hybridized carbons (Fsp3) is 0.133.